The monoisotopic (exact) mass is 177 g/mol. The minimum absolute atomic E-state index is 0. The topological polar surface area (TPSA) is 26.0 Å². The minimum atomic E-state index is 0. The zero-order chi connectivity index (χ0) is 7.78. The Morgan fingerprint density at radius 2 is 1.82 bits per heavy atom. The van der Waals surface area contributed by atoms with Crippen molar-refractivity contribution in [3.8, 4) is 0 Å². The first kappa shape index (κ1) is 11.2. The largest absolute Gasteiger partial charge is 0.328 e. The standard InChI is InChI=1S/C9H19N.ClH/c1-7-4-5-8(10)6-9(7,2)3;/h7-8H,4-6,10H2,1-3H3;1H. The van der Waals surface area contributed by atoms with Crippen LogP contribution in [0, 0.1) is 11.3 Å². The molecule has 1 fully saturated rings. The van der Waals surface area contributed by atoms with E-state index in [4.69, 9.17) is 5.73 Å². The quantitative estimate of drug-likeness (QED) is 0.605. The van der Waals surface area contributed by atoms with Crippen molar-refractivity contribution in [2.75, 3.05) is 0 Å². The van der Waals surface area contributed by atoms with Crippen molar-refractivity contribution in [1.29, 1.82) is 0 Å². The maximum atomic E-state index is 5.87. The van der Waals surface area contributed by atoms with Gasteiger partial charge in [-0.05, 0) is 30.6 Å². The van der Waals surface area contributed by atoms with Gasteiger partial charge in [0.1, 0.15) is 0 Å². The Morgan fingerprint density at radius 1 is 1.27 bits per heavy atom. The molecule has 0 heterocycles. The third kappa shape index (κ3) is 2.64. The van der Waals surface area contributed by atoms with Crippen molar-refractivity contribution in [3.05, 3.63) is 0 Å². The Morgan fingerprint density at radius 3 is 2.18 bits per heavy atom. The van der Waals surface area contributed by atoms with Gasteiger partial charge in [0.05, 0.1) is 0 Å². The van der Waals surface area contributed by atoms with Gasteiger partial charge in [-0.2, -0.15) is 0 Å². The normalized spacial score (nSPS) is 36.0. The zero-order valence-corrected chi connectivity index (χ0v) is 8.58. The fourth-order valence-corrected chi connectivity index (χ4v) is 1.83. The maximum Gasteiger partial charge on any atom is 0.00441 e. The van der Waals surface area contributed by atoms with E-state index in [-0.39, 0.29) is 12.4 Å². The van der Waals surface area contributed by atoms with Crippen LogP contribution in [0.15, 0.2) is 0 Å². The summed E-state index contributed by atoms with van der Waals surface area (Å²) < 4.78 is 0. The number of hydrogen-bond acceptors (Lipinski definition) is 1. The van der Waals surface area contributed by atoms with Crippen LogP contribution in [0.5, 0.6) is 0 Å². The molecule has 1 saturated carbocycles. The van der Waals surface area contributed by atoms with Crippen LogP contribution in [0.2, 0.25) is 0 Å². The molecule has 11 heavy (non-hydrogen) atoms. The third-order valence-electron chi connectivity index (χ3n) is 3.09. The molecule has 0 aromatic carbocycles. The lowest BCUT2D eigenvalue weighted by Crippen LogP contribution is -2.37. The molecule has 0 bridgehead atoms. The summed E-state index contributed by atoms with van der Waals surface area (Å²) in [6.07, 6.45) is 3.74. The summed E-state index contributed by atoms with van der Waals surface area (Å²) in [7, 11) is 0. The highest BCUT2D eigenvalue weighted by atomic mass is 35.5. The Balaban J connectivity index is 0.000001000. The van der Waals surface area contributed by atoms with Gasteiger partial charge in [-0.15, -0.1) is 12.4 Å². The fraction of sp³-hybridized carbons (Fsp3) is 1.00. The first-order chi connectivity index (χ1) is 4.52. The van der Waals surface area contributed by atoms with E-state index < -0.39 is 0 Å². The lowest BCUT2D eigenvalue weighted by molar-refractivity contribution is 0.138. The summed E-state index contributed by atoms with van der Waals surface area (Å²) >= 11 is 0. The Bertz CT molecular complexity index is 123. The Kier molecular flexibility index (Phi) is 3.86. The highest BCUT2D eigenvalue weighted by Gasteiger charge is 2.31. The molecule has 2 heteroatoms. The van der Waals surface area contributed by atoms with Gasteiger partial charge in [0.2, 0.25) is 0 Å². The molecule has 68 valence electrons. The molecule has 0 aromatic heterocycles. The van der Waals surface area contributed by atoms with Crippen molar-refractivity contribution < 1.29 is 0 Å². The third-order valence-corrected chi connectivity index (χ3v) is 3.09. The lowest BCUT2D eigenvalue weighted by atomic mass is 9.68. The molecule has 1 nitrogen and oxygen atoms in total. The first-order valence-electron chi connectivity index (χ1n) is 4.28. The van der Waals surface area contributed by atoms with Gasteiger partial charge in [-0.1, -0.05) is 20.8 Å². The van der Waals surface area contributed by atoms with E-state index >= 15 is 0 Å². The second kappa shape index (κ2) is 3.77. The van der Waals surface area contributed by atoms with Crippen LogP contribution in [-0.4, -0.2) is 6.04 Å². The molecule has 0 amide bonds. The van der Waals surface area contributed by atoms with E-state index in [9.17, 15) is 0 Å². The molecule has 0 saturated heterocycles. The average Bonchev–Trinajstić information content (AvgIpc) is 1.78. The van der Waals surface area contributed by atoms with Gasteiger partial charge < -0.3 is 5.73 Å². The van der Waals surface area contributed by atoms with Crippen LogP contribution in [0.1, 0.15) is 40.0 Å². The maximum absolute atomic E-state index is 5.87. The summed E-state index contributed by atoms with van der Waals surface area (Å²) in [5.41, 5.74) is 6.36. The summed E-state index contributed by atoms with van der Waals surface area (Å²) in [5.74, 6) is 0.854. The van der Waals surface area contributed by atoms with Gasteiger partial charge in [0.25, 0.3) is 0 Å². The highest BCUT2D eigenvalue weighted by Crippen LogP contribution is 2.39. The summed E-state index contributed by atoms with van der Waals surface area (Å²) in [6, 6.07) is 0.464. The SMILES string of the molecule is CC1CCC(N)CC1(C)C.Cl. The van der Waals surface area contributed by atoms with Crippen LogP contribution < -0.4 is 5.73 Å². The molecule has 2 atom stereocenters. The molecule has 1 aliphatic carbocycles. The van der Waals surface area contributed by atoms with E-state index in [0.29, 0.717) is 11.5 Å². The van der Waals surface area contributed by atoms with Crippen LogP contribution in [0.3, 0.4) is 0 Å². The molecule has 2 N–H and O–H groups in total. The summed E-state index contributed by atoms with van der Waals surface area (Å²) in [4.78, 5) is 0. The molecule has 1 aliphatic rings. The second-order valence-electron chi connectivity index (χ2n) is 4.43. The predicted octanol–water partition coefficient (Wildman–Crippen LogP) is 2.58. The van der Waals surface area contributed by atoms with E-state index in [1.54, 1.807) is 0 Å². The van der Waals surface area contributed by atoms with E-state index in [0.717, 1.165) is 5.92 Å². The molecular weight excluding hydrogens is 158 g/mol. The summed E-state index contributed by atoms with van der Waals surface area (Å²) in [5, 5.41) is 0. The molecule has 1 rings (SSSR count). The predicted molar refractivity (Wildman–Crippen MR) is 52.0 cm³/mol. The zero-order valence-electron chi connectivity index (χ0n) is 7.76. The van der Waals surface area contributed by atoms with Crippen molar-refractivity contribution in [2.45, 2.75) is 46.1 Å². The van der Waals surface area contributed by atoms with Crippen molar-refractivity contribution >= 4 is 12.4 Å². The number of hydrogen-bond donors (Lipinski definition) is 1. The smallest absolute Gasteiger partial charge is 0.00441 e. The van der Waals surface area contributed by atoms with Gasteiger partial charge in [-0.3, -0.25) is 0 Å². The molecular formula is C9H20ClN. The van der Waals surface area contributed by atoms with Gasteiger partial charge in [0, 0.05) is 6.04 Å². The summed E-state index contributed by atoms with van der Waals surface area (Å²) in [6.45, 7) is 7.00. The Labute approximate surface area is 76.1 Å². The number of nitrogens with two attached hydrogens (primary N) is 1. The fourth-order valence-electron chi connectivity index (χ4n) is 1.83. The van der Waals surface area contributed by atoms with E-state index in [2.05, 4.69) is 20.8 Å². The number of halogens is 1. The van der Waals surface area contributed by atoms with Gasteiger partial charge in [-0.25, -0.2) is 0 Å². The van der Waals surface area contributed by atoms with Crippen LogP contribution >= 0.6 is 12.4 Å². The van der Waals surface area contributed by atoms with Crippen LogP contribution in [0.25, 0.3) is 0 Å². The molecule has 0 spiro atoms. The van der Waals surface area contributed by atoms with Gasteiger partial charge >= 0.3 is 0 Å². The van der Waals surface area contributed by atoms with Crippen LogP contribution in [0.4, 0.5) is 0 Å². The highest BCUT2D eigenvalue weighted by molar-refractivity contribution is 5.85. The van der Waals surface area contributed by atoms with E-state index in [1.165, 1.54) is 19.3 Å². The number of rotatable bonds is 0. The minimum Gasteiger partial charge on any atom is -0.328 e. The molecule has 0 aromatic rings. The average molecular weight is 178 g/mol. The van der Waals surface area contributed by atoms with Crippen molar-refractivity contribution in [2.24, 2.45) is 17.1 Å². The lowest BCUT2D eigenvalue weighted by Gasteiger charge is -2.39. The van der Waals surface area contributed by atoms with Crippen molar-refractivity contribution in [3.63, 3.8) is 0 Å². The van der Waals surface area contributed by atoms with Crippen LogP contribution in [-0.2, 0) is 0 Å². The van der Waals surface area contributed by atoms with Gasteiger partial charge in [0.15, 0.2) is 0 Å². The Hall–Kier alpha value is 0.250. The van der Waals surface area contributed by atoms with Crippen molar-refractivity contribution in [1.82, 2.24) is 0 Å². The molecule has 0 aliphatic heterocycles. The van der Waals surface area contributed by atoms with E-state index in [1.807, 2.05) is 0 Å². The first-order valence-corrected chi connectivity index (χ1v) is 4.28. The second-order valence-corrected chi connectivity index (χ2v) is 4.43. The molecule has 0 radical (unpaired) electrons. The molecule has 2 unspecified atom stereocenters.